The monoisotopic (exact) mass is 295 g/mol. The molecular formula is C14H17NO6. The first-order valence-corrected chi connectivity index (χ1v) is 6.12. The van der Waals surface area contributed by atoms with Crippen molar-refractivity contribution in [1.29, 1.82) is 0 Å². The Morgan fingerprint density at radius 3 is 2.10 bits per heavy atom. The molecule has 0 bridgehead atoms. The van der Waals surface area contributed by atoms with Crippen molar-refractivity contribution in [2.75, 3.05) is 27.4 Å². The molecule has 21 heavy (non-hydrogen) atoms. The topological polar surface area (TPSA) is 90.9 Å². The minimum Gasteiger partial charge on any atom is -0.497 e. The molecule has 0 saturated carbocycles. The van der Waals surface area contributed by atoms with Gasteiger partial charge in [-0.05, 0) is 19.1 Å². The Labute approximate surface area is 122 Å². The highest BCUT2D eigenvalue weighted by molar-refractivity contribution is 5.96. The van der Waals surface area contributed by atoms with E-state index in [-0.39, 0.29) is 24.5 Å². The summed E-state index contributed by atoms with van der Waals surface area (Å²) in [5.74, 6) is -0.523. The molecule has 0 aromatic heterocycles. The highest BCUT2D eigenvalue weighted by Gasteiger charge is 2.12. The summed E-state index contributed by atoms with van der Waals surface area (Å²) in [6.07, 6.45) is 0. The second-order valence-electron chi connectivity index (χ2n) is 4.15. The number of hydrogen-bond donors (Lipinski definition) is 1. The lowest BCUT2D eigenvalue weighted by atomic mass is 10.2. The van der Waals surface area contributed by atoms with Gasteiger partial charge in [0.15, 0.2) is 5.78 Å². The van der Waals surface area contributed by atoms with Gasteiger partial charge in [-0.25, -0.2) is 0 Å². The van der Waals surface area contributed by atoms with E-state index in [9.17, 15) is 14.4 Å². The molecule has 1 N–H and O–H groups in total. The van der Waals surface area contributed by atoms with Crippen LogP contribution in [0.3, 0.4) is 0 Å². The third-order valence-electron chi connectivity index (χ3n) is 2.44. The van der Waals surface area contributed by atoms with E-state index in [0.29, 0.717) is 11.5 Å². The number of hydrogen-bond acceptors (Lipinski definition) is 6. The van der Waals surface area contributed by atoms with Crippen molar-refractivity contribution < 1.29 is 28.6 Å². The van der Waals surface area contributed by atoms with Crippen molar-refractivity contribution in [2.45, 2.75) is 6.92 Å². The van der Waals surface area contributed by atoms with Crippen LogP contribution in [0.15, 0.2) is 18.2 Å². The van der Waals surface area contributed by atoms with Crippen LogP contribution in [0.4, 0.5) is 0 Å². The van der Waals surface area contributed by atoms with Crippen LogP contribution in [0.25, 0.3) is 0 Å². The summed E-state index contributed by atoms with van der Waals surface area (Å²) in [5, 5.41) is 2.39. The Morgan fingerprint density at radius 1 is 1.05 bits per heavy atom. The molecule has 0 radical (unpaired) electrons. The minimum absolute atomic E-state index is 0.271. The van der Waals surface area contributed by atoms with E-state index in [1.165, 1.54) is 33.3 Å². The maximum absolute atomic E-state index is 11.9. The third-order valence-corrected chi connectivity index (χ3v) is 2.44. The van der Waals surface area contributed by atoms with Crippen LogP contribution in [0.5, 0.6) is 11.5 Å². The molecule has 0 atom stereocenters. The van der Waals surface area contributed by atoms with Gasteiger partial charge in [0.1, 0.15) is 24.7 Å². The number of amides is 1. The maximum atomic E-state index is 11.9. The molecule has 114 valence electrons. The number of ketones is 1. The molecule has 0 aliphatic carbocycles. The van der Waals surface area contributed by atoms with Crippen molar-refractivity contribution in [2.24, 2.45) is 0 Å². The molecule has 1 rings (SSSR count). The number of carbonyl (C=O) groups excluding carboxylic acids is 3. The standard InChI is InChI=1S/C14H17NO6/c1-9(16)8-21-13(17)7-15-14(18)10-4-11(19-2)6-12(5-10)20-3/h4-6H,7-8H2,1-3H3,(H,15,18). The highest BCUT2D eigenvalue weighted by Crippen LogP contribution is 2.22. The smallest absolute Gasteiger partial charge is 0.325 e. The molecule has 1 aromatic rings. The minimum atomic E-state index is -0.687. The van der Waals surface area contributed by atoms with Crippen LogP contribution in [0.2, 0.25) is 0 Å². The number of methoxy groups -OCH3 is 2. The van der Waals surface area contributed by atoms with E-state index in [1.807, 2.05) is 0 Å². The molecule has 7 heteroatoms. The van der Waals surface area contributed by atoms with Gasteiger partial charge in [-0.1, -0.05) is 0 Å². The van der Waals surface area contributed by atoms with Crippen LogP contribution in [-0.2, 0) is 14.3 Å². The zero-order chi connectivity index (χ0) is 15.8. The van der Waals surface area contributed by atoms with Crippen molar-refractivity contribution >= 4 is 17.7 Å². The third kappa shape index (κ3) is 5.52. The van der Waals surface area contributed by atoms with E-state index in [1.54, 1.807) is 6.07 Å². The average Bonchev–Trinajstić information content (AvgIpc) is 2.49. The number of esters is 1. The lowest BCUT2D eigenvalue weighted by Crippen LogP contribution is -2.31. The lowest BCUT2D eigenvalue weighted by molar-refractivity contribution is -0.146. The van der Waals surface area contributed by atoms with Crippen molar-refractivity contribution in [3.63, 3.8) is 0 Å². The number of ether oxygens (including phenoxy) is 3. The van der Waals surface area contributed by atoms with Crippen molar-refractivity contribution in [1.82, 2.24) is 5.32 Å². The first-order chi connectivity index (χ1) is 9.96. The predicted octanol–water partition coefficient (Wildman–Crippen LogP) is 0.566. The fourth-order valence-electron chi connectivity index (χ4n) is 1.43. The van der Waals surface area contributed by atoms with Gasteiger partial charge in [0.25, 0.3) is 5.91 Å². The van der Waals surface area contributed by atoms with Crippen molar-refractivity contribution in [3.05, 3.63) is 23.8 Å². The van der Waals surface area contributed by atoms with Gasteiger partial charge >= 0.3 is 5.97 Å². The predicted molar refractivity (Wildman–Crippen MR) is 73.5 cm³/mol. The average molecular weight is 295 g/mol. The van der Waals surface area contributed by atoms with Gasteiger partial charge in [0.05, 0.1) is 14.2 Å². The Balaban J connectivity index is 2.63. The van der Waals surface area contributed by atoms with Gasteiger partial charge in [-0.15, -0.1) is 0 Å². The fourth-order valence-corrected chi connectivity index (χ4v) is 1.43. The van der Waals surface area contributed by atoms with Crippen LogP contribution >= 0.6 is 0 Å². The molecular weight excluding hydrogens is 278 g/mol. The number of nitrogens with one attached hydrogen (secondary N) is 1. The van der Waals surface area contributed by atoms with Gasteiger partial charge in [-0.2, -0.15) is 0 Å². The molecule has 0 fully saturated rings. The fraction of sp³-hybridized carbons (Fsp3) is 0.357. The summed E-state index contributed by atoms with van der Waals surface area (Å²) in [4.78, 5) is 33.9. The molecule has 1 amide bonds. The number of carbonyl (C=O) groups is 3. The summed E-state index contributed by atoms with van der Waals surface area (Å²) in [5.41, 5.74) is 0.283. The lowest BCUT2D eigenvalue weighted by Gasteiger charge is -2.09. The second-order valence-corrected chi connectivity index (χ2v) is 4.15. The van der Waals surface area contributed by atoms with Crippen LogP contribution in [-0.4, -0.2) is 45.0 Å². The number of rotatable bonds is 7. The summed E-state index contributed by atoms with van der Waals surface area (Å²) >= 11 is 0. The molecule has 0 heterocycles. The van der Waals surface area contributed by atoms with Crippen LogP contribution < -0.4 is 14.8 Å². The van der Waals surface area contributed by atoms with Gasteiger partial charge in [0.2, 0.25) is 0 Å². The Kier molecular flexibility index (Phi) is 6.19. The zero-order valence-corrected chi connectivity index (χ0v) is 12.1. The van der Waals surface area contributed by atoms with Gasteiger partial charge in [-0.3, -0.25) is 14.4 Å². The summed E-state index contributed by atoms with van der Waals surface area (Å²) < 4.78 is 14.7. The van der Waals surface area contributed by atoms with E-state index >= 15 is 0 Å². The van der Waals surface area contributed by atoms with E-state index in [2.05, 4.69) is 10.1 Å². The van der Waals surface area contributed by atoms with Crippen molar-refractivity contribution in [3.8, 4) is 11.5 Å². The Morgan fingerprint density at radius 2 is 1.62 bits per heavy atom. The molecule has 0 aliphatic heterocycles. The summed E-state index contributed by atoms with van der Waals surface area (Å²) in [6, 6.07) is 4.65. The second kappa shape index (κ2) is 7.88. The molecule has 1 aromatic carbocycles. The van der Waals surface area contributed by atoms with E-state index < -0.39 is 11.9 Å². The maximum Gasteiger partial charge on any atom is 0.325 e. The molecule has 0 unspecified atom stereocenters. The molecule has 0 saturated heterocycles. The van der Waals surface area contributed by atoms with Gasteiger partial charge in [0, 0.05) is 11.6 Å². The highest BCUT2D eigenvalue weighted by atomic mass is 16.5. The summed E-state index contributed by atoms with van der Waals surface area (Å²) in [6.45, 7) is 0.668. The van der Waals surface area contributed by atoms with E-state index in [4.69, 9.17) is 9.47 Å². The first-order valence-electron chi connectivity index (χ1n) is 6.12. The molecule has 0 aliphatic rings. The number of Topliss-reactive ketones (excluding diaryl/α,β-unsaturated/α-hetero) is 1. The largest absolute Gasteiger partial charge is 0.497 e. The molecule has 7 nitrogen and oxygen atoms in total. The zero-order valence-electron chi connectivity index (χ0n) is 12.1. The Bertz CT molecular complexity index is 518. The SMILES string of the molecule is COc1cc(OC)cc(C(=O)NCC(=O)OCC(C)=O)c1. The van der Waals surface area contributed by atoms with Crippen LogP contribution in [0, 0.1) is 0 Å². The van der Waals surface area contributed by atoms with E-state index in [0.717, 1.165) is 0 Å². The molecule has 0 spiro atoms. The number of benzene rings is 1. The normalized spacial score (nSPS) is 9.67. The summed E-state index contributed by atoms with van der Waals surface area (Å²) in [7, 11) is 2.94. The first kappa shape index (κ1) is 16.5. The Hall–Kier alpha value is -2.57. The van der Waals surface area contributed by atoms with Crippen LogP contribution in [0.1, 0.15) is 17.3 Å². The quantitative estimate of drug-likeness (QED) is 0.739. The van der Waals surface area contributed by atoms with Gasteiger partial charge < -0.3 is 19.5 Å².